The molecular formula is C13H17ClN2O. The molecule has 1 atom stereocenters. The lowest BCUT2D eigenvalue weighted by molar-refractivity contribution is -0.117. The van der Waals surface area contributed by atoms with Crippen LogP contribution in [0.5, 0.6) is 0 Å². The minimum absolute atomic E-state index is 0.0553. The smallest absolute Gasteiger partial charge is 0.232 e. The first-order valence-electron chi connectivity index (χ1n) is 6.00. The highest BCUT2D eigenvalue weighted by Gasteiger charge is 2.30. The van der Waals surface area contributed by atoms with Crippen molar-refractivity contribution in [1.82, 2.24) is 0 Å². The Morgan fingerprint density at radius 3 is 2.88 bits per heavy atom. The SMILES string of the molecule is CCC1C(=O)Nc2c(Cl)cc(CCCN)cc21. The standard InChI is InChI=1S/C13H17ClN2O/c1-2-9-10-6-8(4-3-5-15)7-11(14)12(10)16-13(9)17/h6-7,9H,2-5,15H2,1H3,(H,16,17). The van der Waals surface area contributed by atoms with E-state index in [1.54, 1.807) is 0 Å². The normalized spacial score (nSPS) is 18.1. The van der Waals surface area contributed by atoms with Crippen LogP contribution in [-0.2, 0) is 11.2 Å². The topological polar surface area (TPSA) is 55.1 Å². The second-order valence-corrected chi connectivity index (χ2v) is 4.79. The van der Waals surface area contributed by atoms with Crippen molar-refractivity contribution in [2.45, 2.75) is 32.1 Å². The van der Waals surface area contributed by atoms with Crippen LogP contribution in [0.4, 0.5) is 5.69 Å². The number of anilines is 1. The molecule has 0 radical (unpaired) electrons. The van der Waals surface area contributed by atoms with E-state index in [-0.39, 0.29) is 11.8 Å². The Kier molecular flexibility index (Phi) is 3.69. The summed E-state index contributed by atoms with van der Waals surface area (Å²) in [7, 11) is 0. The highest BCUT2D eigenvalue weighted by atomic mass is 35.5. The van der Waals surface area contributed by atoms with E-state index in [0.29, 0.717) is 11.6 Å². The van der Waals surface area contributed by atoms with Gasteiger partial charge in [0.05, 0.1) is 16.6 Å². The maximum atomic E-state index is 11.8. The van der Waals surface area contributed by atoms with Gasteiger partial charge in [-0.15, -0.1) is 0 Å². The molecule has 0 bridgehead atoms. The monoisotopic (exact) mass is 252 g/mol. The van der Waals surface area contributed by atoms with Crippen molar-refractivity contribution in [1.29, 1.82) is 0 Å². The summed E-state index contributed by atoms with van der Waals surface area (Å²) in [5.41, 5.74) is 8.50. The third kappa shape index (κ3) is 2.31. The van der Waals surface area contributed by atoms with Gasteiger partial charge in [0.25, 0.3) is 0 Å². The number of rotatable bonds is 4. The number of amides is 1. The third-order valence-corrected chi connectivity index (χ3v) is 3.50. The summed E-state index contributed by atoms with van der Waals surface area (Å²) in [4.78, 5) is 11.8. The van der Waals surface area contributed by atoms with Gasteiger partial charge in [-0.25, -0.2) is 0 Å². The highest BCUT2D eigenvalue weighted by Crippen LogP contribution is 2.40. The number of hydrogen-bond acceptors (Lipinski definition) is 2. The average Bonchev–Trinajstić information content (AvgIpc) is 2.63. The number of hydrogen-bond donors (Lipinski definition) is 2. The van der Waals surface area contributed by atoms with E-state index in [2.05, 4.69) is 11.4 Å². The minimum atomic E-state index is -0.0553. The Bertz CT molecular complexity index is 445. The van der Waals surface area contributed by atoms with Crippen LogP contribution in [0.3, 0.4) is 0 Å². The Labute approximate surface area is 106 Å². The Hall–Kier alpha value is -1.06. The third-order valence-electron chi connectivity index (χ3n) is 3.20. The van der Waals surface area contributed by atoms with Crippen molar-refractivity contribution in [3.63, 3.8) is 0 Å². The van der Waals surface area contributed by atoms with Crippen LogP contribution in [0.25, 0.3) is 0 Å². The predicted octanol–water partition coefficient (Wildman–Crippen LogP) is 2.68. The van der Waals surface area contributed by atoms with E-state index in [1.165, 1.54) is 0 Å². The number of halogens is 1. The molecule has 0 saturated carbocycles. The lowest BCUT2D eigenvalue weighted by Crippen LogP contribution is -2.10. The summed E-state index contributed by atoms with van der Waals surface area (Å²) in [6.45, 7) is 2.68. The van der Waals surface area contributed by atoms with Gasteiger partial charge < -0.3 is 11.1 Å². The molecule has 0 aromatic heterocycles. The molecule has 0 spiro atoms. The largest absolute Gasteiger partial charge is 0.330 e. The molecule has 17 heavy (non-hydrogen) atoms. The van der Waals surface area contributed by atoms with Crippen molar-refractivity contribution < 1.29 is 4.79 Å². The average molecular weight is 253 g/mol. The van der Waals surface area contributed by atoms with Crippen molar-refractivity contribution in [3.8, 4) is 0 Å². The van der Waals surface area contributed by atoms with E-state index in [0.717, 1.165) is 36.1 Å². The molecule has 92 valence electrons. The number of aryl methyl sites for hydroxylation is 1. The molecule has 1 amide bonds. The second-order valence-electron chi connectivity index (χ2n) is 4.38. The van der Waals surface area contributed by atoms with Gasteiger partial charge in [0.1, 0.15) is 0 Å². The minimum Gasteiger partial charge on any atom is -0.330 e. The summed E-state index contributed by atoms with van der Waals surface area (Å²) in [5, 5.41) is 3.49. The Morgan fingerprint density at radius 1 is 1.47 bits per heavy atom. The fraction of sp³-hybridized carbons (Fsp3) is 0.462. The van der Waals surface area contributed by atoms with Crippen LogP contribution in [0.2, 0.25) is 5.02 Å². The number of nitrogens with one attached hydrogen (secondary N) is 1. The van der Waals surface area contributed by atoms with Gasteiger partial charge >= 0.3 is 0 Å². The maximum absolute atomic E-state index is 11.8. The zero-order valence-corrected chi connectivity index (χ0v) is 10.7. The fourth-order valence-electron chi connectivity index (χ4n) is 2.30. The molecule has 1 aromatic rings. The van der Waals surface area contributed by atoms with Gasteiger partial charge in [0.15, 0.2) is 0 Å². The number of fused-ring (bicyclic) bond motifs is 1. The van der Waals surface area contributed by atoms with Crippen LogP contribution in [0, 0.1) is 0 Å². The first-order valence-corrected chi connectivity index (χ1v) is 6.38. The maximum Gasteiger partial charge on any atom is 0.232 e. The molecule has 1 aliphatic rings. The summed E-state index contributed by atoms with van der Waals surface area (Å²) in [6, 6.07) is 4.01. The predicted molar refractivity (Wildman–Crippen MR) is 70.5 cm³/mol. The summed E-state index contributed by atoms with van der Waals surface area (Å²) in [5.74, 6) is 0.000649. The van der Waals surface area contributed by atoms with E-state index >= 15 is 0 Å². The molecule has 2 rings (SSSR count). The molecule has 1 unspecified atom stereocenters. The van der Waals surface area contributed by atoms with Crippen LogP contribution >= 0.6 is 11.6 Å². The van der Waals surface area contributed by atoms with Gasteiger partial charge in [-0.1, -0.05) is 24.6 Å². The number of benzene rings is 1. The second kappa shape index (κ2) is 5.07. The van der Waals surface area contributed by atoms with E-state index in [4.69, 9.17) is 17.3 Å². The van der Waals surface area contributed by atoms with Gasteiger partial charge in [0.2, 0.25) is 5.91 Å². The van der Waals surface area contributed by atoms with Crippen molar-refractivity contribution >= 4 is 23.2 Å². The van der Waals surface area contributed by atoms with Crippen LogP contribution in [-0.4, -0.2) is 12.5 Å². The molecule has 3 N–H and O–H groups in total. The number of nitrogens with two attached hydrogens (primary N) is 1. The van der Waals surface area contributed by atoms with Crippen LogP contribution < -0.4 is 11.1 Å². The Morgan fingerprint density at radius 2 is 2.24 bits per heavy atom. The van der Waals surface area contributed by atoms with Gasteiger partial charge in [0, 0.05) is 0 Å². The lowest BCUT2D eigenvalue weighted by Gasteiger charge is -2.09. The molecule has 0 aliphatic carbocycles. The quantitative estimate of drug-likeness (QED) is 0.866. The number of carbonyl (C=O) groups is 1. The molecule has 1 aromatic carbocycles. The highest BCUT2D eigenvalue weighted by molar-refractivity contribution is 6.34. The first-order chi connectivity index (χ1) is 8.17. The molecule has 1 heterocycles. The first kappa shape index (κ1) is 12.4. The van der Waals surface area contributed by atoms with Gasteiger partial charge in [-0.2, -0.15) is 0 Å². The van der Waals surface area contributed by atoms with E-state index < -0.39 is 0 Å². The lowest BCUT2D eigenvalue weighted by atomic mass is 9.95. The van der Waals surface area contributed by atoms with Gasteiger partial charge in [-0.05, 0) is 43.0 Å². The fourth-order valence-corrected chi connectivity index (χ4v) is 2.60. The molecule has 4 heteroatoms. The molecule has 0 fully saturated rings. The van der Waals surface area contributed by atoms with Crippen LogP contribution in [0.15, 0.2) is 12.1 Å². The molecule has 0 saturated heterocycles. The summed E-state index contributed by atoms with van der Waals surface area (Å²) < 4.78 is 0. The van der Waals surface area contributed by atoms with E-state index in [9.17, 15) is 4.79 Å². The van der Waals surface area contributed by atoms with Crippen LogP contribution in [0.1, 0.15) is 36.8 Å². The van der Waals surface area contributed by atoms with E-state index in [1.807, 2.05) is 13.0 Å². The zero-order chi connectivity index (χ0) is 12.4. The summed E-state index contributed by atoms with van der Waals surface area (Å²) >= 11 is 6.20. The summed E-state index contributed by atoms with van der Waals surface area (Å²) in [6.07, 6.45) is 2.65. The van der Waals surface area contributed by atoms with Crippen molar-refractivity contribution in [3.05, 3.63) is 28.3 Å². The van der Waals surface area contributed by atoms with Crippen molar-refractivity contribution in [2.24, 2.45) is 5.73 Å². The Balaban J connectivity index is 2.36. The molecular weight excluding hydrogens is 236 g/mol. The van der Waals surface area contributed by atoms with Crippen molar-refractivity contribution in [2.75, 3.05) is 11.9 Å². The molecule has 3 nitrogen and oxygen atoms in total. The van der Waals surface area contributed by atoms with Gasteiger partial charge in [-0.3, -0.25) is 4.79 Å². The zero-order valence-electron chi connectivity index (χ0n) is 9.92. The number of carbonyl (C=O) groups excluding carboxylic acids is 1. The molecule has 1 aliphatic heterocycles.